The first-order valence-corrected chi connectivity index (χ1v) is 9.88. The summed E-state index contributed by atoms with van der Waals surface area (Å²) in [6, 6.07) is 16.9. The number of nitrogens with zero attached hydrogens (tertiary/aromatic N) is 3. The second-order valence-corrected chi connectivity index (χ2v) is 7.35. The van der Waals surface area contributed by atoms with Crippen molar-refractivity contribution in [2.75, 3.05) is 0 Å². The Labute approximate surface area is 190 Å². The van der Waals surface area contributed by atoms with Gasteiger partial charge in [0.05, 0.1) is 28.5 Å². The van der Waals surface area contributed by atoms with Crippen LogP contribution in [0.4, 0.5) is 11.4 Å². The van der Waals surface area contributed by atoms with Crippen LogP contribution < -0.4 is 10.2 Å². The first-order chi connectivity index (χ1) is 15.3. The number of rotatable bonds is 8. The van der Waals surface area contributed by atoms with E-state index in [0.717, 1.165) is 22.2 Å². The molecule has 0 aliphatic carbocycles. The fourth-order valence-electron chi connectivity index (χ4n) is 2.64. The minimum absolute atomic E-state index is 0.141. The van der Waals surface area contributed by atoms with Gasteiger partial charge in [0.15, 0.2) is 0 Å². The summed E-state index contributed by atoms with van der Waals surface area (Å²) in [6.45, 7) is 0. The summed E-state index contributed by atoms with van der Waals surface area (Å²) in [5.41, 5.74) is 2.89. The summed E-state index contributed by atoms with van der Waals surface area (Å²) < 4.78 is 6.46. The van der Waals surface area contributed by atoms with Crippen molar-refractivity contribution in [2.45, 2.75) is 6.42 Å². The maximum absolute atomic E-state index is 12.0. The molecule has 0 aliphatic heterocycles. The number of hydrazone groups is 1. The molecular weight excluding hydrogens is 484 g/mol. The molecule has 162 valence electrons. The average Bonchev–Trinajstić information content (AvgIpc) is 2.75. The lowest BCUT2D eigenvalue weighted by molar-refractivity contribution is -0.394. The summed E-state index contributed by atoms with van der Waals surface area (Å²) in [4.78, 5) is 32.6. The van der Waals surface area contributed by atoms with Gasteiger partial charge in [0.2, 0.25) is 11.7 Å². The van der Waals surface area contributed by atoms with Crippen molar-refractivity contribution in [1.29, 1.82) is 0 Å². The molecule has 0 unspecified atom stereocenters. The highest BCUT2D eigenvalue weighted by Crippen LogP contribution is 2.34. The van der Waals surface area contributed by atoms with Gasteiger partial charge in [0.25, 0.3) is 5.69 Å². The van der Waals surface area contributed by atoms with Gasteiger partial charge in [0, 0.05) is 10.5 Å². The van der Waals surface area contributed by atoms with Crippen LogP contribution in [0.1, 0.15) is 11.1 Å². The number of amides is 1. The number of ether oxygens (including phenoxy) is 1. The van der Waals surface area contributed by atoms with Gasteiger partial charge in [-0.2, -0.15) is 5.10 Å². The Bertz CT molecular complexity index is 1200. The van der Waals surface area contributed by atoms with Crippen molar-refractivity contribution in [2.24, 2.45) is 5.10 Å². The van der Waals surface area contributed by atoms with Gasteiger partial charge >= 0.3 is 5.69 Å². The molecule has 1 N–H and O–H groups in total. The minimum Gasteiger partial charge on any atom is -0.450 e. The highest BCUT2D eigenvalue weighted by Gasteiger charge is 2.21. The number of halogens is 1. The number of nitro benzene ring substituents is 2. The van der Waals surface area contributed by atoms with E-state index in [1.165, 1.54) is 12.3 Å². The van der Waals surface area contributed by atoms with E-state index in [2.05, 4.69) is 26.5 Å². The number of carbonyl (C=O) groups is 1. The highest BCUT2D eigenvalue weighted by atomic mass is 79.9. The second-order valence-electron chi connectivity index (χ2n) is 6.44. The summed E-state index contributed by atoms with van der Waals surface area (Å²) in [6.07, 6.45) is 1.56. The summed E-state index contributed by atoms with van der Waals surface area (Å²) in [7, 11) is 0. The van der Waals surface area contributed by atoms with E-state index in [1.807, 2.05) is 24.3 Å². The van der Waals surface area contributed by atoms with E-state index in [9.17, 15) is 25.0 Å². The number of nitro groups is 2. The molecule has 3 aromatic carbocycles. The number of hydrogen-bond acceptors (Lipinski definition) is 7. The first kappa shape index (κ1) is 22.6. The topological polar surface area (TPSA) is 137 Å². The van der Waals surface area contributed by atoms with E-state index in [-0.39, 0.29) is 23.8 Å². The van der Waals surface area contributed by atoms with Gasteiger partial charge in [0.1, 0.15) is 5.75 Å². The molecule has 0 aliphatic rings. The zero-order valence-corrected chi connectivity index (χ0v) is 17.9. The average molecular weight is 499 g/mol. The monoisotopic (exact) mass is 498 g/mol. The number of non-ortho nitro benzene ring substituents is 1. The standard InChI is InChI=1S/C21H15BrN4O6/c22-16-6-4-14(5-7-16)11-21(27)24-23-13-15-2-1-3-18(10-15)32-20-9-8-17(25(28)29)12-19(20)26(30)31/h1-10,12-13H,11H2,(H,24,27). The normalized spacial score (nSPS) is 10.7. The third-order valence-electron chi connectivity index (χ3n) is 4.12. The maximum Gasteiger partial charge on any atom is 0.318 e. The molecule has 0 radical (unpaired) electrons. The third-order valence-corrected chi connectivity index (χ3v) is 4.65. The molecule has 1 amide bonds. The quantitative estimate of drug-likeness (QED) is 0.270. The van der Waals surface area contributed by atoms with Gasteiger partial charge < -0.3 is 4.74 Å². The van der Waals surface area contributed by atoms with Gasteiger partial charge in [-0.15, -0.1) is 0 Å². The predicted molar refractivity (Wildman–Crippen MR) is 120 cm³/mol. The maximum atomic E-state index is 12.0. The summed E-state index contributed by atoms with van der Waals surface area (Å²) in [5, 5.41) is 26.0. The zero-order chi connectivity index (χ0) is 23.1. The molecule has 3 rings (SSSR count). The number of hydrogen-bond donors (Lipinski definition) is 1. The lowest BCUT2D eigenvalue weighted by Crippen LogP contribution is -2.19. The van der Waals surface area contributed by atoms with Gasteiger partial charge in [-0.25, -0.2) is 5.43 Å². The fraction of sp³-hybridized carbons (Fsp3) is 0.0476. The lowest BCUT2D eigenvalue weighted by Gasteiger charge is -2.07. The van der Waals surface area contributed by atoms with E-state index < -0.39 is 21.2 Å². The van der Waals surface area contributed by atoms with Crippen LogP contribution in [0.25, 0.3) is 0 Å². The first-order valence-electron chi connectivity index (χ1n) is 9.09. The molecule has 0 saturated carbocycles. The minimum atomic E-state index is -0.755. The molecule has 0 saturated heterocycles. The van der Waals surface area contributed by atoms with E-state index in [4.69, 9.17) is 4.74 Å². The van der Waals surface area contributed by atoms with Crippen molar-refractivity contribution in [1.82, 2.24) is 5.43 Å². The van der Waals surface area contributed by atoms with Crippen LogP contribution in [0.5, 0.6) is 11.5 Å². The van der Waals surface area contributed by atoms with Crippen LogP contribution in [0, 0.1) is 20.2 Å². The van der Waals surface area contributed by atoms with Crippen LogP contribution in [0.15, 0.2) is 76.3 Å². The van der Waals surface area contributed by atoms with Gasteiger partial charge in [-0.1, -0.05) is 40.2 Å². The van der Waals surface area contributed by atoms with Crippen LogP contribution in [-0.4, -0.2) is 22.0 Å². The zero-order valence-electron chi connectivity index (χ0n) is 16.3. The SMILES string of the molecule is O=C(Cc1ccc(Br)cc1)NN=Cc1cccc(Oc2ccc([N+](=O)[O-])cc2[N+](=O)[O-])c1. The van der Waals surface area contributed by atoms with Crippen LogP contribution in [-0.2, 0) is 11.2 Å². The van der Waals surface area contributed by atoms with Crippen molar-refractivity contribution in [3.8, 4) is 11.5 Å². The summed E-state index contributed by atoms with van der Waals surface area (Å²) >= 11 is 3.33. The molecule has 0 fully saturated rings. The van der Waals surface area contributed by atoms with Gasteiger partial charge in [-0.05, 0) is 41.5 Å². The second kappa shape index (κ2) is 10.3. The van der Waals surface area contributed by atoms with Crippen molar-refractivity contribution < 1.29 is 19.4 Å². The van der Waals surface area contributed by atoms with Crippen molar-refractivity contribution >= 4 is 39.4 Å². The van der Waals surface area contributed by atoms with Crippen LogP contribution in [0.2, 0.25) is 0 Å². The van der Waals surface area contributed by atoms with Crippen LogP contribution >= 0.6 is 15.9 Å². The number of benzene rings is 3. The molecular formula is C21H15BrN4O6. The van der Waals surface area contributed by atoms with Crippen molar-refractivity contribution in [3.63, 3.8) is 0 Å². The Morgan fingerprint density at radius 2 is 1.78 bits per heavy atom. The Hall–Kier alpha value is -4.12. The molecule has 10 nitrogen and oxygen atoms in total. The summed E-state index contributed by atoms with van der Waals surface area (Å²) in [5.74, 6) is -0.179. The smallest absolute Gasteiger partial charge is 0.318 e. The van der Waals surface area contributed by atoms with E-state index in [0.29, 0.717) is 5.56 Å². The molecule has 0 spiro atoms. The van der Waals surface area contributed by atoms with E-state index >= 15 is 0 Å². The number of carbonyl (C=O) groups excluding carboxylic acids is 1. The molecule has 11 heteroatoms. The van der Waals surface area contributed by atoms with Crippen LogP contribution in [0.3, 0.4) is 0 Å². The Morgan fingerprint density at radius 1 is 1.03 bits per heavy atom. The predicted octanol–water partition coefficient (Wildman–Crippen LogP) is 4.75. The van der Waals surface area contributed by atoms with E-state index in [1.54, 1.807) is 24.3 Å². The molecule has 0 bridgehead atoms. The molecule has 0 heterocycles. The van der Waals surface area contributed by atoms with Gasteiger partial charge in [-0.3, -0.25) is 25.0 Å². The highest BCUT2D eigenvalue weighted by molar-refractivity contribution is 9.10. The number of nitrogens with one attached hydrogen (secondary N) is 1. The Balaban J connectivity index is 1.66. The van der Waals surface area contributed by atoms with Crippen molar-refractivity contribution in [3.05, 3.63) is 103 Å². The largest absolute Gasteiger partial charge is 0.450 e. The molecule has 32 heavy (non-hydrogen) atoms. The Kier molecular flexibility index (Phi) is 7.24. The Morgan fingerprint density at radius 3 is 2.47 bits per heavy atom. The molecule has 0 atom stereocenters. The molecule has 0 aromatic heterocycles. The molecule has 3 aromatic rings. The lowest BCUT2D eigenvalue weighted by atomic mass is 10.1. The fourth-order valence-corrected chi connectivity index (χ4v) is 2.90. The third kappa shape index (κ3) is 6.19.